The van der Waals surface area contributed by atoms with E-state index < -0.39 is 8.07 Å². The lowest BCUT2D eigenvalue weighted by Crippen LogP contribution is -2.56. The van der Waals surface area contributed by atoms with Crippen molar-refractivity contribution in [2.75, 3.05) is 19.7 Å². The molecule has 2 rings (SSSR count). The molecule has 1 amide bonds. The van der Waals surface area contributed by atoms with E-state index in [1.165, 1.54) is 0 Å². The van der Waals surface area contributed by atoms with E-state index in [9.17, 15) is 4.79 Å². The largest absolute Gasteiger partial charge is 0.487 e. The summed E-state index contributed by atoms with van der Waals surface area (Å²) in [6.45, 7) is 8.51. The van der Waals surface area contributed by atoms with E-state index in [2.05, 4.69) is 24.6 Å². The summed E-state index contributed by atoms with van der Waals surface area (Å²) in [6, 6.07) is 4.63. The highest BCUT2D eigenvalue weighted by Gasteiger charge is 2.33. The Morgan fingerprint density at radius 2 is 2.00 bits per heavy atom. The summed E-state index contributed by atoms with van der Waals surface area (Å²) in [4.78, 5) is 17.4. The summed E-state index contributed by atoms with van der Waals surface area (Å²) in [6.07, 6.45) is 3.21. The van der Waals surface area contributed by atoms with Gasteiger partial charge >= 0.3 is 6.09 Å². The molecule has 0 saturated carbocycles. The summed E-state index contributed by atoms with van der Waals surface area (Å²) < 4.78 is 11.0. The molecule has 0 radical (unpaired) electrons. The van der Waals surface area contributed by atoms with Gasteiger partial charge in [0.05, 0.1) is 19.7 Å². The zero-order chi connectivity index (χ0) is 14.6. The van der Waals surface area contributed by atoms with Crippen LogP contribution in [-0.2, 0) is 4.74 Å². The number of pyridine rings is 1. The smallest absolute Gasteiger partial charge is 0.410 e. The molecular formula is C14H22N2O3Si. The van der Waals surface area contributed by atoms with Crippen molar-refractivity contribution in [1.29, 1.82) is 0 Å². The van der Waals surface area contributed by atoms with Crippen LogP contribution in [0.15, 0.2) is 24.5 Å². The summed E-state index contributed by atoms with van der Waals surface area (Å²) in [7, 11) is -1.14. The van der Waals surface area contributed by atoms with E-state index >= 15 is 0 Å². The van der Waals surface area contributed by atoms with E-state index in [4.69, 9.17) is 9.47 Å². The Bertz CT molecular complexity index is 441. The molecule has 0 unspecified atom stereocenters. The van der Waals surface area contributed by atoms with Gasteiger partial charge in [-0.25, -0.2) is 4.79 Å². The molecule has 1 aromatic heterocycles. The predicted octanol–water partition coefficient (Wildman–Crippen LogP) is 2.62. The second-order valence-electron chi connectivity index (χ2n) is 6.25. The molecule has 0 spiro atoms. The Labute approximate surface area is 120 Å². The molecule has 0 N–H and O–H groups in total. The van der Waals surface area contributed by atoms with E-state index in [1.54, 1.807) is 17.3 Å². The van der Waals surface area contributed by atoms with E-state index in [0.29, 0.717) is 19.7 Å². The second-order valence-corrected chi connectivity index (χ2v) is 11.9. The van der Waals surface area contributed by atoms with Crippen LogP contribution >= 0.6 is 0 Å². The van der Waals surface area contributed by atoms with Gasteiger partial charge in [-0.15, -0.1) is 0 Å². The number of ether oxygens (including phenoxy) is 2. The van der Waals surface area contributed by atoms with Gasteiger partial charge in [-0.05, 0) is 18.2 Å². The zero-order valence-electron chi connectivity index (χ0n) is 12.3. The van der Waals surface area contributed by atoms with Crippen molar-refractivity contribution >= 4 is 14.2 Å². The standard InChI is InChI=1S/C14H22N2O3Si/c1-20(2,3)9-8-18-14(17)16-10-13(11-16)19-12-4-6-15-7-5-12/h4-7,13H,8-11H2,1-3H3. The van der Waals surface area contributed by atoms with Gasteiger partial charge in [0.25, 0.3) is 0 Å². The van der Waals surface area contributed by atoms with E-state index in [0.717, 1.165) is 11.8 Å². The van der Waals surface area contributed by atoms with Crippen molar-refractivity contribution in [3.63, 3.8) is 0 Å². The Morgan fingerprint density at radius 1 is 1.35 bits per heavy atom. The Morgan fingerprint density at radius 3 is 2.60 bits per heavy atom. The monoisotopic (exact) mass is 294 g/mol. The average molecular weight is 294 g/mol. The minimum atomic E-state index is -1.14. The van der Waals surface area contributed by atoms with Crippen LogP contribution in [0.4, 0.5) is 4.79 Å². The first kappa shape index (κ1) is 14.8. The summed E-state index contributed by atoms with van der Waals surface area (Å²) >= 11 is 0. The molecule has 1 saturated heterocycles. The molecule has 0 aromatic carbocycles. The summed E-state index contributed by atoms with van der Waals surface area (Å²) in [5.74, 6) is 0.789. The predicted molar refractivity (Wildman–Crippen MR) is 79.7 cm³/mol. The molecule has 1 aliphatic rings. The number of amides is 1. The normalized spacial score (nSPS) is 15.7. The lowest BCUT2D eigenvalue weighted by atomic mass is 10.2. The number of aromatic nitrogens is 1. The summed E-state index contributed by atoms with van der Waals surface area (Å²) in [5, 5.41) is 0. The van der Waals surface area contributed by atoms with Crippen molar-refractivity contribution in [3.05, 3.63) is 24.5 Å². The molecule has 2 heterocycles. The fourth-order valence-corrected chi connectivity index (χ4v) is 2.52. The number of rotatable bonds is 5. The third-order valence-corrected chi connectivity index (χ3v) is 4.84. The van der Waals surface area contributed by atoms with Crippen molar-refractivity contribution in [3.8, 4) is 5.75 Å². The first-order valence-corrected chi connectivity index (χ1v) is 10.6. The van der Waals surface area contributed by atoms with Gasteiger partial charge in [0, 0.05) is 20.5 Å². The highest BCUT2D eigenvalue weighted by molar-refractivity contribution is 6.76. The Kier molecular flexibility index (Phi) is 4.64. The molecule has 0 bridgehead atoms. The molecule has 1 aromatic rings. The van der Waals surface area contributed by atoms with Gasteiger partial charge in [0.2, 0.25) is 0 Å². The maximum atomic E-state index is 11.8. The van der Waals surface area contributed by atoms with Crippen molar-refractivity contribution in [2.45, 2.75) is 31.8 Å². The molecule has 1 fully saturated rings. The first-order chi connectivity index (χ1) is 9.44. The van der Waals surface area contributed by atoms with Gasteiger partial charge in [0.1, 0.15) is 11.9 Å². The number of carbonyl (C=O) groups is 1. The summed E-state index contributed by atoms with van der Waals surface area (Å²) in [5.41, 5.74) is 0. The van der Waals surface area contributed by atoms with Crippen LogP contribution in [0.5, 0.6) is 5.75 Å². The molecule has 0 aliphatic carbocycles. The van der Waals surface area contributed by atoms with Crippen LogP contribution in [-0.4, -0.2) is 49.9 Å². The van der Waals surface area contributed by atoms with E-state index in [-0.39, 0.29) is 12.2 Å². The number of likely N-dealkylation sites (tertiary alicyclic amines) is 1. The fraction of sp³-hybridized carbons (Fsp3) is 0.571. The Balaban J connectivity index is 1.64. The first-order valence-electron chi connectivity index (χ1n) is 6.92. The quantitative estimate of drug-likeness (QED) is 0.783. The molecule has 1 aliphatic heterocycles. The highest BCUT2D eigenvalue weighted by atomic mass is 28.3. The molecule has 0 atom stereocenters. The van der Waals surface area contributed by atoms with Gasteiger partial charge in [-0.1, -0.05) is 19.6 Å². The van der Waals surface area contributed by atoms with Crippen LogP contribution in [0.1, 0.15) is 0 Å². The topological polar surface area (TPSA) is 51.7 Å². The third-order valence-electron chi connectivity index (χ3n) is 3.14. The van der Waals surface area contributed by atoms with Crippen LogP contribution in [0, 0.1) is 0 Å². The molecule has 6 heteroatoms. The molecular weight excluding hydrogens is 272 g/mol. The molecule has 110 valence electrons. The SMILES string of the molecule is C[Si](C)(C)CCOC(=O)N1CC(Oc2ccncc2)C1. The number of nitrogens with zero attached hydrogens (tertiary/aromatic N) is 2. The van der Waals surface area contributed by atoms with E-state index in [1.807, 2.05) is 12.1 Å². The highest BCUT2D eigenvalue weighted by Crippen LogP contribution is 2.18. The van der Waals surface area contributed by atoms with Gasteiger partial charge in [-0.2, -0.15) is 0 Å². The van der Waals surface area contributed by atoms with Crippen LogP contribution in [0.25, 0.3) is 0 Å². The van der Waals surface area contributed by atoms with Crippen molar-refractivity contribution in [2.24, 2.45) is 0 Å². The number of hydrogen-bond donors (Lipinski definition) is 0. The molecule has 5 nitrogen and oxygen atoms in total. The number of hydrogen-bond acceptors (Lipinski definition) is 4. The van der Waals surface area contributed by atoms with Crippen LogP contribution in [0.3, 0.4) is 0 Å². The van der Waals surface area contributed by atoms with Crippen LogP contribution < -0.4 is 4.74 Å². The Hall–Kier alpha value is -1.56. The third kappa shape index (κ3) is 4.52. The lowest BCUT2D eigenvalue weighted by Gasteiger charge is -2.38. The minimum absolute atomic E-state index is 0.0574. The zero-order valence-corrected chi connectivity index (χ0v) is 13.3. The van der Waals surface area contributed by atoms with Gasteiger partial charge < -0.3 is 14.4 Å². The lowest BCUT2D eigenvalue weighted by molar-refractivity contribution is 0.0126. The second kappa shape index (κ2) is 6.26. The van der Waals surface area contributed by atoms with Gasteiger partial charge in [-0.3, -0.25) is 4.98 Å². The maximum Gasteiger partial charge on any atom is 0.410 e. The van der Waals surface area contributed by atoms with Crippen molar-refractivity contribution in [1.82, 2.24) is 9.88 Å². The van der Waals surface area contributed by atoms with Crippen LogP contribution in [0.2, 0.25) is 25.7 Å². The molecule has 20 heavy (non-hydrogen) atoms. The number of carbonyl (C=O) groups excluding carboxylic acids is 1. The van der Waals surface area contributed by atoms with Crippen molar-refractivity contribution < 1.29 is 14.3 Å². The van der Waals surface area contributed by atoms with Gasteiger partial charge in [0.15, 0.2) is 0 Å². The average Bonchev–Trinajstić information content (AvgIpc) is 2.32. The fourth-order valence-electron chi connectivity index (χ4n) is 1.81. The minimum Gasteiger partial charge on any atom is -0.487 e. The maximum absolute atomic E-state index is 11.8.